The number of esters is 1. The van der Waals surface area contributed by atoms with E-state index in [2.05, 4.69) is 15.1 Å². The molecule has 0 saturated heterocycles. The Morgan fingerprint density at radius 3 is 2.85 bits per heavy atom. The molecule has 0 bridgehead atoms. The predicted octanol–water partition coefficient (Wildman–Crippen LogP) is 3.44. The fraction of sp³-hybridized carbons (Fsp3) is 0.333. The van der Waals surface area contributed by atoms with E-state index in [1.807, 2.05) is 43.5 Å². The molecular formula is C18H19N3O4S. The maximum Gasteiger partial charge on any atom is 0.312 e. The Balaban J connectivity index is 1.60. The van der Waals surface area contributed by atoms with Gasteiger partial charge in [-0.3, -0.25) is 4.79 Å². The zero-order valence-corrected chi connectivity index (χ0v) is 15.4. The molecule has 2 aromatic heterocycles. The molecule has 1 aromatic carbocycles. The first-order valence-electron chi connectivity index (χ1n) is 8.33. The molecule has 0 unspecified atom stereocenters. The number of rotatable bonds is 8. The number of hydrogen-bond donors (Lipinski definition) is 0. The molecule has 26 heavy (non-hydrogen) atoms. The number of thiazole rings is 1. The first-order chi connectivity index (χ1) is 12.7. The molecule has 0 aliphatic rings. The summed E-state index contributed by atoms with van der Waals surface area (Å²) in [5, 5.41) is 6.41. The van der Waals surface area contributed by atoms with Gasteiger partial charge in [-0.1, -0.05) is 24.2 Å². The van der Waals surface area contributed by atoms with Crippen molar-refractivity contribution in [1.82, 2.24) is 15.1 Å². The minimum absolute atomic E-state index is 0.0317. The van der Waals surface area contributed by atoms with Gasteiger partial charge in [-0.2, -0.15) is 4.98 Å². The molecular weight excluding hydrogens is 354 g/mol. The van der Waals surface area contributed by atoms with Crippen LogP contribution in [-0.2, 0) is 29.0 Å². The van der Waals surface area contributed by atoms with E-state index in [0.717, 1.165) is 16.3 Å². The summed E-state index contributed by atoms with van der Waals surface area (Å²) in [7, 11) is 0. The van der Waals surface area contributed by atoms with Crippen LogP contribution in [-0.4, -0.2) is 27.7 Å². The lowest BCUT2D eigenvalue weighted by Crippen LogP contribution is -2.08. The van der Waals surface area contributed by atoms with Gasteiger partial charge in [-0.25, -0.2) is 4.98 Å². The molecule has 0 spiro atoms. The summed E-state index contributed by atoms with van der Waals surface area (Å²) in [6.07, 6.45) is 0.754. The molecule has 7 nitrogen and oxygen atoms in total. The van der Waals surface area contributed by atoms with Crippen molar-refractivity contribution >= 4 is 17.3 Å². The number of benzene rings is 1. The number of aryl methyl sites for hydroxylation is 1. The second kappa shape index (κ2) is 8.57. The maximum absolute atomic E-state index is 12.0. The van der Waals surface area contributed by atoms with Gasteiger partial charge < -0.3 is 14.0 Å². The maximum atomic E-state index is 12.0. The molecule has 0 saturated carbocycles. The molecule has 3 rings (SSSR count). The number of carbonyl (C=O) groups is 1. The van der Waals surface area contributed by atoms with E-state index in [1.165, 1.54) is 11.3 Å². The van der Waals surface area contributed by atoms with Gasteiger partial charge in [-0.15, -0.1) is 11.3 Å². The predicted molar refractivity (Wildman–Crippen MR) is 95.9 cm³/mol. The van der Waals surface area contributed by atoms with E-state index < -0.39 is 5.97 Å². The highest BCUT2D eigenvalue weighted by atomic mass is 32.1. The SMILES string of the molecule is CCOc1ccccc1-c1nc(CC(=O)OCc2nc(CC)no2)cs1. The second-order valence-corrected chi connectivity index (χ2v) is 6.23. The average molecular weight is 373 g/mol. The summed E-state index contributed by atoms with van der Waals surface area (Å²) in [5.41, 5.74) is 1.57. The van der Waals surface area contributed by atoms with E-state index in [0.29, 0.717) is 30.4 Å². The van der Waals surface area contributed by atoms with Crippen LogP contribution in [0.2, 0.25) is 0 Å². The summed E-state index contributed by atoms with van der Waals surface area (Å²) >= 11 is 1.47. The summed E-state index contributed by atoms with van der Waals surface area (Å²) in [4.78, 5) is 20.6. The fourth-order valence-corrected chi connectivity index (χ4v) is 3.12. The van der Waals surface area contributed by atoms with Crippen molar-refractivity contribution in [1.29, 1.82) is 0 Å². The third-order valence-corrected chi connectivity index (χ3v) is 4.40. The first kappa shape index (κ1) is 18.1. The van der Waals surface area contributed by atoms with Crippen molar-refractivity contribution in [3.63, 3.8) is 0 Å². The molecule has 0 aliphatic heterocycles. The third-order valence-electron chi connectivity index (χ3n) is 3.48. The molecule has 0 N–H and O–H groups in total. The Morgan fingerprint density at radius 1 is 1.23 bits per heavy atom. The van der Waals surface area contributed by atoms with E-state index in [-0.39, 0.29) is 13.0 Å². The van der Waals surface area contributed by atoms with Gasteiger partial charge in [0.25, 0.3) is 5.89 Å². The van der Waals surface area contributed by atoms with Crippen LogP contribution in [0.25, 0.3) is 10.6 Å². The Kier molecular flexibility index (Phi) is 5.96. The van der Waals surface area contributed by atoms with Crippen molar-refractivity contribution in [2.75, 3.05) is 6.61 Å². The van der Waals surface area contributed by atoms with Crippen LogP contribution in [0.1, 0.15) is 31.3 Å². The van der Waals surface area contributed by atoms with Crippen LogP contribution in [0.5, 0.6) is 5.75 Å². The lowest BCUT2D eigenvalue weighted by Gasteiger charge is -2.07. The van der Waals surface area contributed by atoms with Crippen molar-refractivity contribution in [3.8, 4) is 16.3 Å². The van der Waals surface area contributed by atoms with Gasteiger partial charge in [0, 0.05) is 11.8 Å². The van der Waals surface area contributed by atoms with Crippen LogP contribution < -0.4 is 4.74 Å². The number of ether oxygens (including phenoxy) is 2. The number of aromatic nitrogens is 3. The number of para-hydroxylation sites is 1. The highest BCUT2D eigenvalue weighted by Crippen LogP contribution is 2.32. The summed E-state index contributed by atoms with van der Waals surface area (Å²) < 4.78 is 15.8. The number of carbonyl (C=O) groups excluding carboxylic acids is 1. The standard InChI is InChI=1S/C18H19N3O4S/c1-3-15-20-16(25-21-15)10-24-17(22)9-12-11-26-18(19-12)13-7-5-6-8-14(13)23-4-2/h5-8,11H,3-4,9-10H2,1-2H3. The van der Waals surface area contributed by atoms with Crippen molar-refractivity contribution in [2.24, 2.45) is 0 Å². The molecule has 0 atom stereocenters. The molecule has 0 aliphatic carbocycles. The molecule has 0 amide bonds. The molecule has 3 aromatic rings. The van der Waals surface area contributed by atoms with E-state index in [1.54, 1.807) is 0 Å². The highest BCUT2D eigenvalue weighted by molar-refractivity contribution is 7.13. The normalized spacial score (nSPS) is 10.7. The summed E-state index contributed by atoms with van der Waals surface area (Å²) in [6.45, 7) is 4.41. The lowest BCUT2D eigenvalue weighted by molar-refractivity contribution is -0.144. The Labute approximate surface area is 155 Å². The number of nitrogens with zero attached hydrogens (tertiary/aromatic N) is 3. The Hall–Kier alpha value is -2.74. The van der Waals surface area contributed by atoms with Gasteiger partial charge in [0.05, 0.1) is 24.3 Å². The van der Waals surface area contributed by atoms with Gasteiger partial charge in [0.1, 0.15) is 10.8 Å². The third kappa shape index (κ3) is 4.45. The monoisotopic (exact) mass is 373 g/mol. The van der Waals surface area contributed by atoms with E-state index in [4.69, 9.17) is 14.0 Å². The molecule has 8 heteroatoms. The summed E-state index contributed by atoms with van der Waals surface area (Å²) in [5.74, 6) is 1.27. The fourth-order valence-electron chi connectivity index (χ4n) is 2.27. The topological polar surface area (TPSA) is 87.3 Å². The van der Waals surface area contributed by atoms with Crippen molar-refractivity contribution in [2.45, 2.75) is 33.3 Å². The zero-order valence-electron chi connectivity index (χ0n) is 14.6. The van der Waals surface area contributed by atoms with Crippen LogP contribution in [0.15, 0.2) is 34.2 Å². The van der Waals surface area contributed by atoms with E-state index in [9.17, 15) is 4.79 Å². The molecule has 0 fully saturated rings. The molecule has 0 radical (unpaired) electrons. The van der Waals surface area contributed by atoms with Crippen LogP contribution in [0, 0.1) is 0 Å². The Morgan fingerprint density at radius 2 is 2.08 bits per heavy atom. The van der Waals surface area contributed by atoms with Crippen LogP contribution >= 0.6 is 11.3 Å². The minimum atomic E-state index is -0.392. The minimum Gasteiger partial charge on any atom is -0.493 e. The zero-order chi connectivity index (χ0) is 18.4. The van der Waals surface area contributed by atoms with Crippen molar-refractivity contribution < 1.29 is 18.8 Å². The second-order valence-electron chi connectivity index (χ2n) is 5.37. The quantitative estimate of drug-likeness (QED) is 0.559. The molecule has 2 heterocycles. The van der Waals surface area contributed by atoms with Gasteiger partial charge in [-0.05, 0) is 19.1 Å². The van der Waals surface area contributed by atoms with Gasteiger partial charge >= 0.3 is 5.97 Å². The molecule has 136 valence electrons. The van der Waals surface area contributed by atoms with Crippen LogP contribution in [0.3, 0.4) is 0 Å². The van der Waals surface area contributed by atoms with Crippen molar-refractivity contribution in [3.05, 3.63) is 47.1 Å². The highest BCUT2D eigenvalue weighted by Gasteiger charge is 2.14. The van der Waals surface area contributed by atoms with Crippen LogP contribution in [0.4, 0.5) is 0 Å². The largest absolute Gasteiger partial charge is 0.493 e. The first-order valence-corrected chi connectivity index (χ1v) is 9.21. The summed E-state index contributed by atoms with van der Waals surface area (Å²) in [6, 6.07) is 7.71. The lowest BCUT2D eigenvalue weighted by atomic mass is 10.2. The van der Waals surface area contributed by atoms with E-state index >= 15 is 0 Å². The Bertz CT molecular complexity index is 875. The van der Waals surface area contributed by atoms with Gasteiger partial charge in [0.15, 0.2) is 12.4 Å². The average Bonchev–Trinajstić information content (AvgIpc) is 3.30. The smallest absolute Gasteiger partial charge is 0.312 e. The number of hydrogen-bond acceptors (Lipinski definition) is 8. The van der Waals surface area contributed by atoms with Gasteiger partial charge in [0.2, 0.25) is 0 Å².